The minimum atomic E-state index is 0.251. The monoisotopic (exact) mass is 263 g/mol. The average molecular weight is 263 g/mol. The minimum Gasteiger partial charge on any atom is -0.377 e. The van der Waals surface area contributed by atoms with E-state index in [0.717, 1.165) is 18.8 Å². The fraction of sp³-hybridized carbons (Fsp3) is 0.800. The molecule has 0 spiro atoms. The van der Waals surface area contributed by atoms with Crippen molar-refractivity contribution in [2.45, 2.75) is 52.3 Å². The molecule has 0 bridgehead atoms. The Morgan fingerprint density at radius 3 is 3.00 bits per heavy atom. The number of ether oxygens (including phenoxy) is 1. The van der Waals surface area contributed by atoms with E-state index in [1.807, 2.05) is 11.7 Å². The van der Waals surface area contributed by atoms with Crippen molar-refractivity contribution >= 4 is 0 Å². The van der Waals surface area contributed by atoms with Crippen LogP contribution in [0, 0.1) is 18.3 Å². The van der Waals surface area contributed by atoms with Gasteiger partial charge < -0.3 is 10.1 Å². The normalized spacial score (nSPS) is 32.7. The van der Waals surface area contributed by atoms with Crippen molar-refractivity contribution in [3.05, 3.63) is 17.5 Å². The van der Waals surface area contributed by atoms with Gasteiger partial charge in [0.25, 0.3) is 0 Å². The molecule has 3 rings (SSSR count). The van der Waals surface area contributed by atoms with Gasteiger partial charge in [-0.15, -0.1) is 0 Å². The third-order valence-corrected chi connectivity index (χ3v) is 4.96. The third-order valence-electron chi connectivity index (χ3n) is 4.96. The van der Waals surface area contributed by atoms with Gasteiger partial charge in [0.2, 0.25) is 0 Å². The Kier molecular flexibility index (Phi) is 3.18. The Morgan fingerprint density at radius 2 is 2.32 bits per heavy atom. The Morgan fingerprint density at radius 1 is 1.53 bits per heavy atom. The maximum atomic E-state index is 5.95. The molecule has 3 unspecified atom stereocenters. The molecular weight excluding hydrogens is 238 g/mol. The topological polar surface area (TPSA) is 39.1 Å². The van der Waals surface area contributed by atoms with Crippen LogP contribution in [0.4, 0.5) is 0 Å². The summed E-state index contributed by atoms with van der Waals surface area (Å²) in [5, 5.41) is 8.15. The molecule has 1 aromatic heterocycles. The molecule has 1 aliphatic heterocycles. The molecule has 1 N–H and O–H groups in total. The minimum absolute atomic E-state index is 0.251. The molecule has 1 saturated heterocycles. The summed E-state index contributed by atoms with van der Waals surface area (Å²) in [4.78, 5) is 0. The molecule has 0 radical (unpaired) electrons. The fourth-order valence-electron chi connectivity index (χ4n) is 3.98. The van der Waals surface area contributed by atoms with Crippen molar-refractivity contribution in [3.63, 3.8) is 0 Å². The van der Waals surface area contributed by atoms with Crippen LogP contribution in [0.15, 0.2) is 6.20 Å². The predicted octanol–water partition coefficient (Wildman–Crippen LogP) is 2.02. The van der Waals surface area contributed by atoms with Gasteiger partial charge in [-0.1, -0.05) is 13.8 Å². The highest BCUT2D eigenvalue weighted by Gasteiger charge is 2.57. The average Bonchev–Trinajstić information content (AvgIpc) is 2.68. The first-order valence-corrected chi connectivity index (χ1v) is 7.34. The number of aromatic nitrogens is 2. The second kappa shape index (κ2) is 4.60. The summed E-state index contributed by atoms with van der Waals surface area (Å²) in [5.41, 5.74) is 2.68. The van der Waals surface area contributed by atoms with Crippen molar-refractivity contribution in [2.24, 2.45) is 18.4 Å². The standard InChI is InChI=1S/C15H25N3O/c1-10-11(9-18(4)17-10)8-16-13-12-6-5-7-19-14(12)15(13,2)3/h9,12-14,16H,5-8H2,1-4H3. The molecule has 2 fully saturated rings. The first-order valence-electron chi connectivity index (χ1n) is 7.34. The molecule has 19 heavy (non-hydrogen) atoms. The first kappa shape index (κ1) is 13.1. The zero-order valence-electron chi connectivity index (χ0n) is 12.4. The third kappa shape index (κ3) is 2.11. The molecule has 2 heterocycles. The molecule has 2 aliphatic rings. The van der Waals surface area contributed by atoms with Crippen molar-refractivity contribution in [1.29, 1.82) is 0 Å². The summed E-state index contributed by atoms with van der Waals surface area (Å²) in [6, 6.07) is 0.567. The van der Waals surface area contributed by atoms with Crippen LogP contribution in [0.5, 0.6) is 0 Å². The fourth-order valence-corrected chi connectivity index (χ4v) is 3.98. The van der Waals surface area contributed by atoms with E-state index in [9.17, 15) is 0 Å². The van der Waals surface area contributed by atoms with Crippen LogP contribution in [0.2, 0.25) is 0 Å². The van der Waals surface area contributed by atoms with Gasteiger partial charge in [0.1, 0.15) is 0 Å². The Balaban J connectivity index is 1.65. The van der Waals surface area contributed by atoms with E-state index >= 15 is 0 Å². The SMILES string of the molecule is Cc1nn(C)cc1CNC1C2CCCOC2C1(C)C. The molecular formula is C15H25N3O. The summed E-state index contributed by atoms with van der Waals surface area (Å²) < 4.78 is 7.84. The molecule has 4 heteroatoms. The van der Waals surface area contributed by atoms with E-state index in [0.29, 0.717) is 18.1 Å². The number of fused-ring (bicyclic) bond motifs is 1. The van der Waals surface area contributed by atoms with Gasteiger partial charge in [-0.25, -0.2) is 0 Å². The number of rotatable bonds is 3. The Labute approximate surface area is 115 Å². The highest BCUT2D eigenvalue weighted by Crippen LogP contribution is 2.51. The Bertz CT molecular complexity index is 466. The molecule has 1 aromatic rings. The van der Waals surface area contributed by atoms with E-state index in [4.69, 9.17) is 4.74 Å². The smallest absolute Gasteiger partial charge is 0.0684 e. The summed E-state index contributed by atoms with van der Waals surface area (Å²) in [6.45, 7) is 8.59. The van der Waals surface area contributed by atoms with Gasteiger partial charge in [0.05, 0.1) is 11.8 Å². The van der Waals surface area contributed by atoms with E-state index < -0.39 is 0 Å². The quantitative estimate of drug-likeness (QED) is 0.907. The Hall–Kier alpha value is -0.870. The van der Waals surface area contributed by atoms with Crippen LogP contribution in [0.3, 0.4) is 0 Å². The zero-order chi connectivity index (χ0) is 13.6. The number of hydrogen-bond donors (Lipinski definition) is 1. The molecule has 0 aromatic carbocycles. The van der Waals surface area contributed by atoms with E-state index in [-0.39, 0.29) is 5.41 Å². The summed E-state index contributed by atoms with van der Waals surface area (Å²) >= 11 is 0. The van der Waals surface area contributed by atoms with Crippen LogP contribution in [0.25, 0.3) is 0 Å². The lowest BCUT2D eigenvalue weighted by Crippen LogP contribution is -2.69. The van der Waals surface area contributed by atoms with Crippen LogP contribution in [0.1, 0.15) is 37.9 Å². The van der Waals surface area contributed by atoms with Crippen LogP contribution < -0.4 is 5.32 Å². The lowest BCUT2D eigenvalue weighted by Gasteiger charge is -2.60. The number of nitrogens with one attached hydrogen (secondary N) is 1. The molecule has 4 nitrogen and oxygen atoms in total. The number of hydrogen-bond acceptors (Lipinski definition) is 3. The summed E-state index contributed by atoms with van der Waals surface area (Å²) in [5.74, 6) is 0.695. The van der Waals surface area contributed by atoms with E-state index in [2.05, 4.69) is 37.4 Å². The lowest BCUT2D eigenvalue weighted by atomic mass is 9.55. The second-order valence-corrected chi connectivity index (χ2v) is 6.69. The number of nitrogens with zero attached hydrogens (tertiary/aromatic N) is 2. The van der Waals surface area contributed by atoms with E-state index in [1.165, 1.54) is 18.4 Å². The van der Waals surface area contributed by atoms with Crippen molar-refractivity contribution < 1.29 is 4.74 Å². The highest BCUT2D eigenvalue weighted by atomic mass is 16.5. The van der Waals surface area contributed by atoms with Gasteiger partial charge in [-0.3, -0.25) is 4.68 Å². The van der Waals surface area contributed by atoms with E-state index in [1.54, 1.807) is 0 Å². The van der Waals surface area contributed by atoms with Crippen molar-refractivity contribution in [1.82, 2.24) is 15.1 Å². The predicted molar refractivity (Wildman–Crippen MR) is 74.8 cm³/mol. The van der Waals surface area contributed by atoms with Gasteiger partial charge in [-0.2, -0.15) is 5.10 Å². The number of aryl methyl sites for hydroxylation is 2. The van der Waals surface area contributed by atoms with Crippen LogP contribution in [-0.2, 0) is 18.3 Å². The second-order valence-electron chi connectivity index (χ2n) is 6.69. The molecule has 0 amide bonds. The van der Waals surface area contributed by atoms with Gasteiger partial charge in [-0.05, 0) is 19.8 Å². The first-order chi connectivity index (χ1) is 9.00. The molecule has 106 valence electrons. The highest BCUT2D eigenvalue weighted by molar-refractivity contribution is 5.17. The summed E-state index contributed by atoms with van der Waals surface area (Å²) in [6.07, 6.45) is 5.08. The zero-order valence-corrected chi connectivity index (χ0v) is 12.4. The van der Waals surface area contributed by atoms with Crippen LogP contribution >= 0.6 is 0 Å². The maximum absolute atomic E-state index is 5.95. The molecule has 1 aliphatic carbocycles. The van der Waals surface area contributed by atoms with Crippen molar-refractivity contribution in [3.8, 4) is 0 Å². The van der Waals surface area contributed by atoms with Crippen molar-refractivity contribution in [2.75, 3.05) is 6.61 Å². The molecule has 3 atom stereocenters. The van der Waals surface area contributed by atoms with Gasteiger partial charge >= 0.3 is 0 Å². The molecule has 1 saturated carbocycles. The van der Waals surface area contributed by atoms with Gasteiger partial charge in [0.15, 0.2) is 0 Å². The van der Waals surface area contributed by atoms with Crippen LogP contribution in [-0.4, -0.2) is 28.5 Å². The lowest BCUT2D eigenvalue weighted by molar-refractivity contribution is -0.192. The maximum Gasteiger partial charge on any atom is 0.0684 e. The summed E-state index contributed by atoms with van der Waals surface area (Å²) in [7, 11) is 1.98. The largest absolute Gasteiger partial charge is 0.377 e. The van der Waals surface area contributed by atoms with Gasteiger partial charge in [0, 0.05) is 49.3 Å².